The van der Waals surface area contributed by atoms with Crippen molar-refractivity contribution in [3.05, 3.63) is 41.6 Å². The van der Waals surface area contributed by atoms with Crippen molar-refractivity contribution in [1.29, 1.82) is 0 Å². The zero-order chi connectivity index (χ0) is 21.7. The molecule has 3 heterocycles. The number of nitrogens with zero attached hydrogens (tertiary/aromatic N) is 3. The Morgan fingerprint density at radius 2 is 1.70 bits per heavy atom. The van der Waals surface area contributed by atoms with E-state index in [4.69, 9.17) is 5.14 Å². The first-order valence-electron chi connectivity index (χ1n) is 9.31. The quantitative estimate of drug-likeness (QED) is 0.689. The van der Waals surface area contributed by atoms with Crippen LogP contribution in [-0.4, -0.2) is 47.2 Å². The van der Waals surface area contributed by atoms with Gasteiger partial charge in [-0.15, -0.1) is 0 Å². The molecule has 8 nitrogen and oxygen atoms in total. The summed E-state index contributed by atoms with van der Waals surface area (Å²) in [5.74, 6) is -2.71. The van der Waals surface area contributed by atoms with Crippen molar-refractivity contribution >= 4 is 31.4 Å². The van der Waals surface area contributed by atoms with E-state index in [0.717, 1.165) is 12.8 Å². The summed E-state index contributed by atoms with van der Waals surface area (Å²) in [6.45, 7) is 0.979. The van der Waals surface area contributed by atoms with E-state index in [1.807, 2.05) is 0 Å². The molecule has 0 saturated carbocycles. The molecular formula is C18H20F2N4O4S2. The van der Waals surface area contributed by atoms with Crippen LogP contribution in [0.3, 0.4) is 0 Å². The lowest BCUT2D eigenvalue weighted by Crippen LogP contribution is -2.37. The molecule has 0 atom stereocenters. The lowest BCUT2D eigenvalue weighted by molar-refractivity contribution is 0.515. The van der Waals surface area contributed by atoms with Gasteiger partial charge in [0.2, 0.25) is 16.0 Å². The van der Waals surface area contributed by atoms with Crippen LogP contribution in [0.25, 0.3) is 0 Å². The van der Waals surface area contributed by atoms with Crippen molar-refractivity contribution in [1.82, 2.24) is 4.98 Å². The smallest absolute Gasteiger partial charge is 0.239 e. The number of pyridine rings is 1. The molecule has 0 amide bonds. The third kappa shape index (κ3) is 3.74. The number of halogens is 2. The van der Waals surface area contributed by atoms with E-state index in [-0.39, 0.29) is 29.6 Å². The highest BCUT2D eigenvalue weighted by atomic mass is 32.2. The van der Waals surface area contributed by atoms with E-state index in [1.165, 1.54) is 29.2 Å². The topological polar surface area (TPSA) is 114 Å². The van der Waals surface area contributed by atoms with Crippen molar-refractivity contribution in [3.63, 3.8) is 0 Å². The molecule has 0 aliphatic carbocycles. The van der Waals surface area contributed by atoms with Crippen LogP contribution in [0.4, 0.5) is 20.3 Å². The maximum absolute atomic E-state index is 15.2. The summed E-state index contributed by atoms with van der Waals surface area (Å²) in [6, 6.07) is 5.58. The zero-order valence-corrected chi connectivity index (χ0v) is 17.5. The average molecular weight is 459 g/mol. The third-order valence-electron chi connectivity index (χ3n) is 5.30. The fourth-order valence-corrected chi connectivity index (χ4v) is 5.85. The lowest BCUT2D eigenvalue weighted by atomic mass is 10.2. The van der Waals surface area contributed by atoms with Crippen molar-refractivity contribution in [3.8, 4) is 0 Å². The van der Waals surface area contributed by atoms with E-state index >= 15 is 4.39 Å². The van der Waals surface area contributed by atoms with Gasteiger partial charge in [-0.2, -0.15) is 9.37 Å². The van der Waals surface area contributed by atoms with Gasteiger partial charge in [-0.1, -0.05) is 12.1 Å². The molecule has 12 heteroatoms. The highest BCUT2D eigenvalue weighted by molar-refractivity contribution is 7.91. The van der Waals surface area contributed by atoms with Crippen LogP contribution in [0.5, 0.6) is 0 Å². The molecule has 1 saturated heterocycles. The minimum atomic E-state index is -4.02. The average Bonchev–Trinajstić information content (AvgIpc) is 3.20. The largest absolute Gasteiger partial charge is 0.361 e. The zero-order valence-electron chi connectivity index (χ0n) is 15.9. The Morgan fingerprint density at radius 3 is 2.30 bits per heavy atom. The van der Waals surface area contributed by atoms with E-state index in [0.29, 0.717) is 18.7 Å². The molecule has 1 fully saturated rings. The summed E-state index contributed by atoms with van der Waals surface area (Å²) in [6.07, 6.45) is 1.60. The molecule has 2 aliphatic heterocycles. The van der Waals surface area contributed by atoms with Crippen molar-refractivity contribution in [2.45, 2.75) is 29.2 Å². The van der Waals surface area contributed by atoms with E-state index in [9.17, 15) is 21.2 Å². The Bertz CT molecular complexity index is 1200. The Kier molecular flexibility index (Phi) is 5.19. The molecule has 0 bridgehead atoms. The van der Waals surface area contributed by atoms with Crippen LogP contribution >= 0.6 is 0 Å². The van der Waals surface area contributed by atoms with Gasteiger partial charge >= 0.3 is 0 Å². The molecule has 2 aromatic rings. The standard InChI is InChI=1S/C18H20F2N4O4S2/c19-14-16-15(17(20)22-18(14)23-7-1-2-8-23)24(9-10-29(16,25)26)11-12-3-5-13(6-4-12)30(21,27)28/h3-6H,1-2,7-11H2,(H2,21,27,28). The Hall–Kier alpha value is -2.31. The molecule has 4 rings (SSSR count). The summed E-state index contributed by atoms with van der Waals surface area (Å²) in [5, 5.41) is 5.08. The number of rotatable bonds is 4. The maximum Gasteiger partial charge on any atom is 0.239 e. The minimum Gasteiger partial charge on any atom is -0.361 e. The number of hydrogen-bond acceptors (Lipinski definition) is 7. The van der Waals surface area contributed by atoms with Gasteiger partial charge in [0.05, 0.1) is 10.6 Å². The first-order valence-corrected chi connectivity index (χ1v) is 12.5. The number of fused-ring (bicyclic) bond motifs is 1. The normalized spacial score (nSPS) is 18.5. The maximum atomic E-state index is 15.2. The summed E-state index contributed by atoms with van der Waals surface area (Å²) in [4.78, 5) is 5.97. The second-order valence-corrected chi connectivity index (χ2v) is 10.9. The molecular weight excluding hydrogens is 438 g/mol. The van der Waals surface area contributed by atoms with Crippen molar-refractivity contribution in [2.24, 2.45) is 5.14 Å². The fraction of sp³-hybridized carbons (Fsp3) is 0.389. The number of anilines is 2. The van der Waals surface area contributed by atoms with Crippen molar-refractivity contribution < 1.29 is 25.6 Å². The SMILES string of the molecule is NS(=O)(=O)c1ccc(CN2CCS(=O)(=O)c3c(F)c(N4CCCC4)nc(F)c32)cc1. The van der Waals surface area contributed by atoms with E-state index < -0.39 is 42.2 Å². The van der Waals surface area contributed by atoms with E-state index in [2.05, 4.69) is 4.98 Å². The molecule has 1 aromatic heterocycles. The van der Waals surface area contributed by atoms with Crippen LogP contribution in [0.15, 0.2) is 34.1 Å². The van der Waals surface area contributed by atoms with E-state index in [1.54, 1.807) is 4.90 Å². The van der Waals surface area contributed by atoms with Gasteiger partial charge in [0.15, 0.2) is 21.5 Å². The van der Waals surface area contributed by atoms with Gasteiger partial charge in [0.25, 0.3) is 0 Å². The first-order chi connectivity index (χ1) is 14.1. The first kappa shape index (κ1) is 20.9. The monoisotopic (exact) mass is 458 g/mol. The van der Waals surface area contributed by atoms with Crippen LogP contribution in [0.1, 0.15) is 18.4 Å². The molecule has 0 radical (unpaired) electrons. The third-order valence-corrected chi connectivity index (χ3v) is 7.94. The number of aromatic nitrogens is 1. The number of primary sulfonamides is 1. The van der Waals surface area contributed by atoms with Gasteiger partial charge in [-0.3, -0.25) is 0 Å². The number of sulfonamides is 1. The Morgan fingerprint density at radius 1 is 1.07 bits per heavy atom. The molecule has 1 aromatic carbocycles. The minimum absolute atomic E-state index is 0.0482. The van der Waals surface area contributed by atoms with Crippen LogP contribution < -0.4 is 14.9 Å². The van der Waals surface area contributed by atoms with Crippen LogP contribution in [0, 0.1) is 11.8 Å². The molecule has 30 heavy (non-hydrogen) atoms. The summed E-state index contributed by atoms with van der Waals surface area (Å²) in [7, 11) is -7.88. The van der Waals surface area contributed by atoms with Gasteiger partial charge in [-0.25, -0.2) is 26.4 Å². The fourth-order valence-electron chi connectivity index (χ4n) is 3.80. The highest BCUT2D eigenvalue weighted by Gasteiger charge is 2.38. The van der Waals surface area contributed by atoms with Gasteiger partial charge in [0, 0.05) is 26.2 Å². The lowest BCUT2D eigenvalue weighted by Gasteiger charge is -2.32. The van der Waals surface area contributed by atoms with Gasteiger partial charge in [-0.05, 0) is 30.5 Å². The number of sulfone groups is 1. The van der Waals surface area contributed by atoms with Crippen LogP contribution in [0.2, 0.25) is 0 Å². The highest BCUT2D eigenvalue weighted by Crippen LogP contribution is 2.39. The Balaban J connectivity index is 1.74. The number of nitrogens with two attached hydrogens (primary N) is 1. The molecule has 2 aliphatic rings. The summed E-state index contributed by atoms with van der Waals surface area (Å²) >= 11 is 0. The molecule has 2 N–H and O–H groups in total. The van der Waals surface area contributed by atoms with Crippen molar-refractivity contribution in [2.75, 3.05) is 35.2 Å². The Labute approximate surface area is 173 Å². The second-order valence-electron chi connectivity index (χ2n) is 7.34. The van der Waals surface area contributed by atoms with Gasteiger partial charge in [0.1, 0.15) is 10.6 Å². The number of hydrogen-bond donors (Lipinski definition) is 1. The summed E-state index contributed by atoms with van der Waals surface area (Å²) in [5.41, 5.74) is 0.188. The molecule has 0 spiro atoms. The predicted octanol–water partition coefficient (Wildman–Crippen LogP) is 1.40. The predicted molar refractivity (Wildman–Crippen MR) is 107 cm³/mol. The van der Waals surface area contributed by atoms with Gasteiger partial charge < -0.3 is 9.80 Å². The molecule has 162 valence electrons. The number of benzene rings is 1. The van der Waals surface area contributed by atoms with Crippen LogP contribution in [-0.2, 0) is 26.4 Å². The summed E-state index contributed by atoms with van der Waals surface area (Å²) < 4.78 is 78.2. The molecule has 0 unspecified atom stereocenters. The second kappa shape index (κ2) is 7.43.